The largest absolute Gasteiger partial charge is 0.508 e. The minimum atomic E-state index is -0.919. The fourth-order valence-electron chi connectivity index (χ4n) is 5.07. The zero-order valence-corrected chi connectivity index (χ0v) is 34.0. The molecule has 4 unspecified atom stereocenters. The minimum absolute atomic E-state index is 0.0417. The summed E-state index contributed by atoms with van der Waals surface area (Å²) >= 11 is 0. The lowest BCUT2D eigenvalue weighted by Crippen LogP contribution is -2.34. The maximum absolute atomic E-state index is 11.8. The molecular weight excluding hydrogens is 664 g/mol. The van der Waals surface area contributed by atoms with Crippen LogP contribution in [0.5, 0.6) is 11.5 Å². The van der Waals surface area contributed by atoms with Gasteiger partial charge in [-0.3, -0.25) is 9.59 Å². The van der Waals surface area contributed by atoms with Crippen molar-refractivity contribution in [3.05, 3.63) is 58.7 Å². The molecule has 298 valence electrons. The summed E-state index contributed by atoms with van der Waals surface area (Å²) in [6.07, 6.45) is 2.88. The van der Waals surface area contributed by atoms with Gasteiger partial charge in [0.05, 0.1) is 50.5 Å². The summed E-state index contributed by atoms with van der Waals surface area (Å²) < 4.78 is 9.75. The Kier molecular flexibility index (Phi) is 20.8. The number of phenols is 2. The molecule has 4 atom stereocenters. The number of phenolic OH excluding ortho intramolecular Hbond substituents is 2. The van der Waals surface area contributed by atoms with Crippen LogP contribution in [-0.2, 0) is 29.9 Å². The quantitative estimate of drug-likeness (QED) is 0.0874. The zero-order valence-electron chi connectivity index (χ0n) is 34.0. The monoisotopic (exact) mass is 734 g/mol. The highest BCUT2D eigenvalue weighted by molar-refractivity contribution is 5.81. The first-order valence-electron chi connectivity index (χ1n) is 18.3. The summed E-state index contributed by atoms with van der Waals surface area (Å²) in [5.41, 5.74) is 1.44. The van der Waals surface area contributed by atoms with E-state index in [1.54, 1.807) is 64.1 Å². The summed E-state index contributed by atoms with van der Waals surface area (Å²) in [7, 11) is 0. The van der Waals surface area contributed by atoms with E-state index >= 15 is 0 Å². The molecule has 0 aliphatic rings. The molecule has 0 aliphatic carbocycles. The first-order valence-corrected chi connectivity index (χ1v) is 18.3. The predicted molar refractivity (Wildman–Crippen MR) is 207 cm³/mol. The molecule has 6 N–H and O–H groups in total. The van der Waals surface area contributed by atoms with Gasteiger partial charge in [-0.05, 0) is 110 Å². The summed E-state index contributed by atoms with van der Waals surface area (Å²) in [5, 5.41) is 55.2. The van der Waals surface area contributed by atoms with Gasteiger partial charge >= 0.3 is 11.9 Å². The maximum atomic E-state index is 11.8. The molecule has 2 aromatic rings. The molecule has 0 heterocycles. The Morgan fingerprint density at radius 3 is 1.13 bits per heavy atom. The van der Waals surface area contributed by atoms with Gasteiger partial charge in [-0.1, -0.05) is 79.7 Å². The van der Waals surface area contributed by atoms with Crippen molar-refractivity contribution in [2.24, 2.45) is 22.7 Å². The van der Waals surface area contributed by atoms with Crippen LogP contribution in [0, 0.1) is 36.5 Å². The van der Waals surface area contributed by atoms with Crippen molar-refractivity contribution < 1.29 is 49.7 Å². The molecule has 0 fully saturated rings. The smallest absolute Gasteiger partial charge is 0.313 e. The number of carboxylic acids is 2. The van der Waals surface area contributed by atoms with Gasteiger partial charge in [-0.15, -0.1) is 0 Å². The van der Waals surface area contributed by atoms with Gasteiger partial charge in [-0.2, -0.15) is 0 Å². The number of aliphatic hydroxyl groups excluding tert-OH is 2. The Bertz CT molecular complexity index is 1260. The highest BCUT2D eigenvalue weighted by atomic mass is 16.5. The molecule has 0 radical (unpaired) electrons. The van der Waals surface area contributed by atoms with Crippen LogP contribution in [0.4, 0.5) is 0 Å². The van der Waals surface area contributed by atoms with Gasteiger partial charge in [-0.25, -0.2) is 0 Å². The molecule has 0 aromatic heterocycles. The first-order chi connectivity index (χ1) is 23.9. The summed E-state index contributed by atoms with van der Waals surface area (Å²) in [6.45, 7) is 26.3. The third-order valence-corrected chi connectivity index (χ3v) is 10.6. The van der Waals surface area contributed by atoms with Gasteiger partial charge < -0.3 is 40.1 Å². The normalized spacial score (nSPS) is 15.1. The SMILES string of the molecule is Cc1cc(C(C)(CCC(C)C(C)(C)C)C(=O)O)ccc1O.Cc1cc(C(C)(CCC(C)C(C)(C)C)C(=O)O)ccc1O.OCCOCCOCCO. The molecule has 52 heavy (non-hydrogen) atoms. The average Bonchev–Trinajstić information content (AvgIpc) is 3.05. The lowest BCUT2D eigenvalue weighted by Gasteiger charge is -2.32. The summed E-state index contributed by atoms with van der Waals surface area (Å²) in [6, 6.07) is 10.2. The Balaban J connectivity index is 0.000000800. The van der Waals surface area contributed by atoms with Gasteiger partial charge in [0.1, 0.15) is 11.5 Å². The minimum Gasteiger partial charge on any atom is -0.508 e. The molecule has 0 saturated carbocycles. The van der Waals surface area contributed by atoms with Crippen molar-refractivity contribution in [2.45, 2.75) is 120 Å². The standard InChI is InChI=1S/2C18H28O3.C6H14O4/c2*1-12-11-14(7-8-15(12)19)18(6,16(20)21)10-9-13(2)17(3,4)5;7-1-3-9-5-6-10-4-2-8/h2*7-8,11,13,19H,9-10H2,1-6H3,(H,20,21);7-8H,1-6H2. The predicted octanol–water partition coefficient (Wildman–Crippen LogP) is 8.01. The molecule has 0 saturated heterocycles. The number of aliphatic carboxylic acids is 2. The molecule has 0 amide bonds. The van der Waals surface area contributed by atoms with E-state index in [1.165, 1.54) is 0 Å². The summed E-state index contributed by atoms with van der Waals surface area (Å²) in [4.78, 5) is 23.6. The second-order valence-corrected chi connectivity index (χ2v) is 16.6. The van der Waals surface area contributed by atoms with Crippen LogP contribution in [0.25, 0.3) is 0 Å². The van der Waals surface area contributed by atoms with Crippen LogP contribution in [0.2, 0.25) is 0 Å². The van der Waals surface area contributed by atoms with Crippen LogP contribution >= 0.6 is 0 Å². The van der Waals surface area contributed by atoms with E-state index in [9.17, 15) is 30.0 Å². The Morgan fingerprint density at radius 2 is 0.904 bits per heavy atom. The van der Waals surface area contributed by atoms with Gasteiger partial charge in [0.15, 0.2) is 0 Å². The van der Waals surface area contributed by atoms with Crippen LogP contribution in [0.3, 0.4) is 0 Å². The molecular formula is C42H70O10. The fraction of sp³-hybridized carbons (Fsp3) is 0.667. The molecule has 0 spiro atoms. The Labute approximate surface area is 313 Å². The molecule has 10 heteroatoms. The van der Waals surface area contributed by atoms with Crippen molar-refractivity contribution in [2.75, 3.05) is 39.6 Å². The Morgan fingerprint density at radius 1 is 0.596 bits per heavy atom. The molecule has 0 bridgehead atoms. The number of rotatable bonds is 17. The van der Waals surface area contributed by atoms with E-state index in [0.29, 0.717) is 62.2 Å². The van der Waals surface area contributed by atoms with E-state index in [1.807, 2.05) is 0 Å². The first kappa shape index (κ1) is 48.8. The van der Waals surface area contributed by atoms with Gasteiger partial charge in [0, 0.05) is 0 Å². The highest BCUT2D eigenvalue weighted by Gasteiger charge is 2.38. The van der Waals surface area contributed by atoms with Crippen LogP contribution in [-0.4, -0.2) is 82.2 Å². The second-order valence-electron chi connectivity index (χ2n) is 16.6. The molecule has 2 aromatic carbocycles. The van der Waals surface area contributed by atoms with Crippen molar-refractivity contribution in [3.63, 3.8) is 0 Å². The zero-order chi connectivity index (χ0) is 40.5. The number of ether oxygens (including phenoxy) is 2. The molecule has 2 rings (SSSR count). The van der Waals surface area contributed by atoms with Crippen molar-refractivity contribution in [1.82, 2.24) is 0 Å². The molecule has 10 nitrogen and oxygen atoms in total. The van der Waals surface area contributed by atoms with E-state index in [2.05, 4.69) is 55.4 Å². The number of aromatic hydroxyl groups is 2. The number of carbonyl (C=O) groups is 2. The van der Waals surface area contributed by atoms with Crippen LogP contribution in [0.15, 0.2) is 36.4 Å². The third kappa shape index (κ3) is 16.2. The lowest BCUT2D eigenvalue weighted by molar-refractivity contribution is -0.144. The number of carboxylic acid groups (broad SMARTS) is 2. The average molecular weight is 735 g/mol. The summed E-state index contributed by atoms with van der Waals surface area (Å²) in [5.74, 6) is -0.338. The lowest BCUT2D eigenvalue weighted by atomic mass is 9.72. The van der Waals surface area contributed by atoms with Gasteiger partial charge in [0.25, 0.3) is 0 Å². The van der Waals surface area contributed by atoms with E-state index in [0.717, 1.165) is 24.0 Å². The molecule has 0 aliphatic heterocycles. The van der Waals surface area contributed by atoms with Crippen molar-refractivity contribution in [1.29, 1.82) is 0 Å². The number of benzene rings is 2. The van der Waals surface area contributed by atoms with Crippen LogP contribution in [0.1, 0.15) is 117 Å². The number of aliphatic hydroxyl groups is 2. The Hall–Kier alpha value is -3.18. The number of hydrogen-bond acceptors (Lipinski definition) is 8. The number of hydrogen-bond donors (Lipinski definition) is 6. The fourth-order valence-corrected chi connectivity index (χ4v) is 5.07. The topological polar surface area (TPSA) is 174 Å². The highest BCUT2D eigenvalue weighted by Crippen LogP contribution is 2.38. The van der Waals surface area contributed by atoms with E-state index in [-0.39, 0.29) is 35.5 Å². The van der Waals surface area contributed by atoms with E-state index in [4.69, 9.17) is 19.7 Å². The number of aryl methyl sites for hydroxylation is 2. The maximum Gasteiger partial charge on any atom is 0.313 e. The third-order valence-electron chi connectivity index (χ3n) is 10.6. The van der Waals surface area contributed by atoms with E-state index < -0.39 is 22.8 Å². The van der Waals surface area contributed by atoms with Crippen molar-refractivity contribution >= 4 is 11.9 Å². The van der Waals surface area contributed by atoms with Gasteiger partial charge in [0.2, 0.25) is 0 Å². The van der Waals surface area contributed by atoms with Crippen molar-refractivity contribution in [3.8, 4) is 11.5 Å². The van der Waals surface area contributed by atoms with Crippen LogP contribution < -0.4 is 0 Å². The second kappa shape index (κ2) is 22.1.